The van der Waals surface area contributed by atoms with Gasteiger partial charge < -0.3 is 24.8 Å². The molecule has 9 heteroatoms. The first-order valence-electron chi connectivity index (χ1n) is 14.8. The molecule has 3 aromatic carbocycles. The number of carbonyl (C=O) groups excluding carboxylic acids is 2. The molecule has 4 aromatic rings. The Labute approximate surface area is 258 Å². The van der Waals surface area contributed by atoms with E-state index < -0.39 is 0 Å². The summed E-state index contributed by atoms with van der Waals surface area (Å²) in [5, 5.41) is 12.9. The number of carbonyl (C=O) groups is 2. The maximum Gasteiger partial charge on any atom is 0.258 e. The molecule has 44 heavy (non-hydrogen) atoms. The molecule has 1 unspecified atom stereocenters. The van der Waals surface area contributed by atoms with Crippen LogP contribution < -0.4 is 14.8 Å². The number of aromatic nitrogens is 1. The van der Waals surface area contributed by atoms with Crippen LogP contribution in [-0.2, 0) is 6.54 Å². The number of likely N-dealkylation sites (N-methyl/N-ethyl adjacent to an activating group) is 1. The van der Waals surface area contributed by atoms with Gasteiger partial charge in [-0.25, -0.2) is 0 Å². The third-order valence-corrected chi connectivity index (χ3v) is 7.73. The highest BCUT2D eigenvalue weighted by Crippen LogP contribution is 2.35. The van der Waals surface area contributed by atoms with E-state index in [1.54, 1.807) is 47.6 Å². The molecule has 0 radical (unpaired) electrons. The molecule has 2 amide bonds. The van der Waals surface area contributed by atoms with Gasteiger partial charge in [0.2, 0.25) is 0 Å². The van der Waals surface area contributed by atoms with Crippen LogP contribution in [0.1, 0.15) is 40.1 Å². The zero-order chi connectivity index (χ0) is 31.1. The number of hydrogen-bond acceptors (Lipinski definition) is 7. The van der Waals surface area contributed by atoms with Crippen LogP contribution in [0.2, 0.25) is 0 Å². The van der Waals surface area contributed by atoms with Gasteiger partial charge in [0.25, 0.3) is 11.8 Å². The van der Waals surface area contributed by atoms with Crippen molar-refractivity contribution in [3.63, 3.8) is 0 Å². The third-order valence-electron chi connectivity index (χ3n) is 7.73. The Morgan fingerprint density at radius 2 is 1.75 bits per heavy atom. The first kappa shape index (κ1) is 30.7. The minimum absolute atomic E-state index is 0.0749. The SMILES string of the molecule is CC(CO)N1C[C@@H](C)[C@@H](CN(C)Cc2ccc(Oc3ccccc3)cc2)Oc2c(NC(=O)c3ccncc3)cccc2C1=O. The lowest BCUT2D eigenvalue weighted by atomic mass is 9.98. The molecule has 3 atom stereocenters. The molecular formula is C35H38N4O5. The maximum absolute atomic E-state index is 13.7. The van der Waals surface area contributed by atoms with E-state index >= 15 is 0 Å². The topological polar surface area (TPSA) is 104 Å². The van der Waals surface area contributed by atoms with E-state index in [0.717, 1.165) is 17.1 Å². The van der Waals surface area contributed by atoms with Crippen molar-refractivity contribution in [2.75, 3.05) is 32.1 Å². The highest BCUT2D eigenvalue weighted by molar-refractivity contribution is 6.07. The van der Waals surface area contributed by atoms with E-state index in [1.165, 1.54) is 0 Å². The van der Waals surface area contributed by atoms with Gasteiger partial charge in [-0.1, -0.05) is 43.3 Å². The fourth-order valence-corrected chi connectivity index (χ4v) is 5.23. The van der Waals surface area contributed by atoms with Crippen LogP contribution in [0.15, 0.2) is 97.3 Å². The molecule has 228 valence electrons. The Bertz CT molecular complexity index is 1550. The predicted octanol–water partition coefficient (Wildman–Crippen LogP) is 5.48. The number of rotatable bonds is 10. The summed E-state index contributed by atoms with van der Waals surface area (Å²) in [6.45, 7) is 5.35. The molecule has 2 heterocycles. The summed E-state index contributed by atoms with van der Waals surface area (Å²) in [7, 11) is 2.03. The molecule has 0 fully saturated rings. The molecule has 2 N–H and O–H groups in total. The van der Waals surface area contributed by atoms with Crippen molar-refractivity contribution in [2.45, 2.75) is 32.5 Å². The smallest absolute Gasteiger partial charge is 0.258 e. The average molecular weight is 595 g/mol. The highest BCUT2D eigenvalue weighted by atomic mass is 16.5. The second kappa shape index (κ2) is 14.2. The van der Waals surface area contributed by atoms with Crippen molar-refractivity contribution in [3.8, 4) is 17.2 Å². The molecule has 0 saturated carbocycles. The predicted molar refractivity (Wildman–Crippen MR) is 169 cm³/mol. The number of aliphatic hydroxyl groups excluding tert-OH is 1. The number of nitrogens with zero attached hydrogens (tertiary/aromatic N) is 3. The van der Waals surface area contributed by atoms with Crippen LogP contribution in [-0.4, -0.2) is 70.6 Å². The van der Waals surface area contributed by atoms with Crippen LogP contribution in [0.3, 0.4) is 0 Å². The first-order valence-corrected chi connectivity index (χ1v) is 14.8. The second-order valence-corrected chi connectivity index (χ2v) is 11.3. The van der Waals surface area contributed by atoms with E-state index in [4.69, 9.17) is 9.47 Å². The molecule has 1 aromatic heterocycles. The summed E-state index contributed by atoms with van der Waals surface area (Å²) < 4.78 is 12.6. The molecule has 0 saturated heterocycles. The van der Waals surface area contributed by atoms with E-state index in [1.807, 2.05) is 75.5 Å². The second-order valence-electron chi connectivity index (χ2n) is 11.3. The first-order chi connectivity index (χ1) is 21.3. The van der Waals surface area contributed by atoms with Gasteiger partial charge in [-0.15, -0.1) is 0 Å². The van der Waals surface area contributed by atoms with E-state index in [9.17, 15) is 14.7 Å². The Morgan fingerprint density at radius 1 is 1.05 bits per heavy atom. The van der Waals surface area contributed by atoms with Crippen LogP contribution in [0.25, 0.3) is 0 Å². The fraction of sp³-hybridized carbons (Fsp3) is 0.286. The Hall–Kier alpha value is -4.73. The van der Waals surface area contributed by atoms with Crippen molar-refractivity contribution < 1.29 is 24.2 Å². The molecule has 0 spiro atoms. The monoisotopic (exact) mass is 594 g/mol. The number of anilines is 1. The Balaban J connectivity index is 1.36. The van der Waals surface area contributed by atoms with Gasteiger partial charge >= 0.3 is 0 Å². The number of benzene rings is 3. The summed E-state index contributed by atoms with van der Waals surface area (Å²) in [6.07, 6.45) is 2.78. The van der Waals surface area contributed by atoms with Crippen LogP contribution >= 0.6 is 0 Å². The Morgan fingerprint density at radius 3 is 2.45 bits per heavy atom. The quantitative estimate of drug-likeness (QED) is 0.251. The van der Waals surface area contributed by atoms with E-state index in [0.29, 0.717) is 42.2 Å². The lowest BCUT2D eigenvalue weighted by molar-refractivity contribution is 0.0343. The van der Waals surface area contributed by atoms with Gasteiger partial charge in [0.15, 0.2) is 5.75 Å². The molecule has 5 rings (SSSR count). The number of para-hydroxylation sites is 2. The van der Waals surface area contributed by atoms with Gasteiger partial charge in [0.05, 0.1) is 23.9 Å². The number of aliphatic hydroxyl groups is 1. The summed E-state index contributed by atoms with van der Waals surface area (Å²) in [5.41, 5.74) is 2.30. The van der Waals surface area contributed by atoms with Crippen LogP contribution in [0.4, 0.5) is 5.69 Å². The normalized spacial score (nSPS) is 17.2. The minimum Gasteiger partial charge on any atom is -0.486 e. The summed E-state index contributed by atoms with van der Waals surface area (Å²) in [6, 6.07) is 25.7. The zero-order valence-electron chi connectivity index (χ0n) is 25.2. The zero-order valence-corrected chi connectivity index (χ0v) is 25.2. The van der Waals surface area contributed by atoms with Crippen molar-refractivity contribution in [2.24, 2.45) is 5.92 Å². The summed E-state index contributed by atoms with van der Waals surface area (Å²) in [4.78, 5) is 34.7. The van der Waals surface area contributed by atoms with E-state index in [2.05, 4.69) is 15.2 Å². The molecular weight excluding hydrogens is 556 g/mol. The van der Waals surface area contributed by atoms with Crippen molar-refractivity contribution in [1.29, 1.82) is 0 Å². The number of nitrogens with one attached hydrogen (secondary N) is 1. The van der Waals surface area contributed by atoms with Crippen molar-refractivity contribution >= 4 is 17.5 Å². The fourth-order valence-electron chi connectivity index (χ4n) is 5.23. The standard InChI is InChI=1S/C35H38N4O5/c1-24-20-39(25(2)23-40)35(42)30-10-7-11-31(37-34(41)27-16-18-36-19-17-27)33(30)44-32(24)22-38(3)21-26-12-14-29(15-13-26)43-28-8-5-4-6-9-28/h4-19,24-25,32,40H,20-23H2,1-3H3,(H,37,41)/t24-,25?,32-/m1/s1. The molecule has 0 aliphatic carbocycles. The molecule has 9 nitrogen and oxygen atoms in total. The van der Waals surface area contributed by atoms with Crippen LogP contribution in [0, 0.1) is 5.92 Å². The van der Waals surface area contributed by atoms with Gasteiger partial charge in [-0.05, 0) is 68.1 Å². The number of hydrogen-bond donors (Lipinski definition) is 2. The summed E-state index contributed by atoms with van der Waals surface area (Å²) in [5.74, 6) is 1.21. The maximum atomic E-state index is 13.7. The molecule has 1 aliphatic heterocycles. The number of amides is 2. The van der Waals surface area contributed by atoms with Crippen molar-refractivity contribution in [3.05, 3.63) is 114 Å². The molecule has 0 bridgehead atoms. The third kappa shape index (κ3) is 7.42. The van der Waals surface area contributed by atoms with Gasteiger partial charge in [-0.3, -0.25) is 19.5 Å². The van der Waals surface area contributed by atoms with Crippen molar-refractivity contribution in [1.82, 2.24) is 14.8 Å². The number of ether oxygens (including phenoxy) is 2. The molecule has 1 aliphatic rings. The highest BCUT2D eigenvalue weighted by Gasteiger charge is 2.34. The Kier molecular flexibility index (Phi) is 9.89. The number of pyridine rings is 1. The van der Waals surface area contributed by atoms with Gasteiger partial charge in [-0.2, -0.15) is 0 Å². The number of fused-ring (bicyclic) bond motifs is 1. The van der Waals surface area contributed by atoms with Crippen LogP contribution in [0.5, 0.6) is 17.2 Å². The van der Waals surface area contributed by atoms with Gasteiger partial charge in [0, 0.05) is 43.5 Å². The minimum atomic E-state index is -0.388. The van der Waals surface area contributed by atoms with Gasteiger partial charge in [0.1, 0.15) is 17.6 Å². The largest absolute Gasteiger partial charge is 0.486 e. The van der Waals surface area contributed by atoms with E-state index in [-0.39, 0.29) is 36.5 Å². The lowest BCUT2D eigenvalue weighted by Crippen LogP contribution is -2.49. The lowest BCUT2D eigenvalue weighted by Gasteiger charge is -2.38. The summed E-state index contributed by atoms with van der Waals surface area (Å²) >= 11 is 0. The average Bonchev–Trinajstić information content (AvgIpc) is 3.04.